The first-order chi connectivity index (χ1) is 15.2. The van der Waals surface area contributed by atoms with Crippen LogP contribution in [0.2, 0.25) is 0 Å². The van der Waals surface area contributed by atoms with Crippen molar-refractivity contribution < 1.29 is 23.8 Å². The molecule has 0 atom stereocenters. The molecule has 1 saturated heterocycles. The lowest BCUT2D eigenvalue weighted by Crippen LogP contribution is -2.50. The molecule has 0 aromatic heterocycles. The van der Waals surface area contributed by atoms with E-state index in [1.165, 1.54) is 11.8 Å². The number of ether oxygens (including phenoxy) is 3. The van der Waals surface area contributed by atoms with Crippen molar-refractivity contribution in [2.75, 3.05) is 19.7 Å². The molecule has 1 aliphatic rings. The molecule has 2 aromatic rings. The van der Waals surface area contributed by atoms with E-state index < -0.39 is 10.3 Å². The number of carbonyl (C=O) groups is 2. The number of nitrogens with zero attached hydrogens (tertiary/aromatic N) is 1. The number of thioether (sulfide) groups is 1. The van der Waals surface area contributed by atoms with E-state index in [0.29, 0.717) is 38.3 Å². The zero-order valence-electron chi connectivity index (χ0n) is 19.1. The van der Waals surface area contributed by atoms with Crippen LogP contribution in [0.4, 0.5) is 4.79 Å². The maximum absolute atomic E-state index is 13.0. The van der Waals surface area contributed by atoms with Crippen LogP contribution < -0.4 is 4.74 Å². The monoisotopic (exact) mass is 457 g/mol. The highest BCUT2D eigenvalue weighted by molar-refractivity contribution is 8.01. The number of hydrogen-bond donors (Lipinski definition) is 0. The molecule has 3 rings (SSSR count). The zero-order valence-corrected chi connectivity index (χ0v) is 19.9. The van der Waals surface area contributed by atoms with Crippen LogP contribution in [0.3, 0.4) is 0 Å². The summed E-state index contributed by atoms with van der Waals surface area (Å²) in [6.07, 6.45) is 0.622. The lowest BCUT2D eigenvalue weighted by molar-refractivity contribution is -0.147. The van der Waals surface area contributed by atoms with Crippen molar-refractivity contribution >= 4 is 23.8 Å². The molecule has 0 saturated carbocycles. The van der Waals surface area contributed by atoms with E-state index in [1.54, 1.807) is 11.8 Å². The van der Waals surface area contributed by atoms with Gasteiger partial charge < -0.3 is 19.1 Å². The summed E-state index contributed by atoms with van der Waals surface area (Å²) in [6, 6.07) is 17.3. The van der Waals surface area contributed by atoms with E-state index in [2.05, 4.69) is 0 Å². The Hall–Kier alpha value is -2.67. The molecule has 7 heteroatoms. The Morgan fingerprint density at radius 3 is 2.28 bits per heavy atom. The maximum atomic E-state index is 13.0. The molecule has 1 amide bonds. The Labute approximate surface area is 194 Å². The largest absolute Gasteiger partial charge is 0.465 e. The smallest absolute Gasteiger partial charge is 0.410 e. The predicted octanol–water partition coefficient (Wildman–Crippen LogP) is 5.90. The van der Waals surface area contributed by atoms with E-state index in [-0.39, 0.29) is 12.1 Å². The van der Waals surface area contributed by atoms with Gasteiger partial charge in [-0.15, -0.1) is 11.8 Å². The average Bonchev–Trinajstić information content (AvgIpc) is 2.74. The van der Waals surface area contributed by atoms with Gasteiger partial charge in [0.2, 0.25) is 0 Å². The summed E-state index contributed by atoms with van der Waals surface area (Å²) in [6.45, 7) is 8.52. The molecule has 0 unspecified atom stereocenters. The third-order valence-corrected chi connectivity index (χ3v) is 6.42. The lowest BCUT2D eigenvalue weighted by Gasteiger charge is -2.39. The van der Waals surface area contributed by atoms with Gasteiger partial charge in [-0.3, -0.25) is 4.79 Å². The molecule has 32 heavy (non-hydrogen) atoms. The standard InChI is InChI=1S/C25H31NO5S/c1-5-29-22(27)25(14-16-26(17-15-25)23(28)31-24(2,3)4)32-21-13-9-12-20(18-21)30-19-10-7-6-8-11-19/h6-13,18H,5,14-17H2,1-4H3. The normalized spacial score (nSPS) is 15.7. The topological polar surface area (TPSA) is 65.1 Å². The Morgan fingerprint density at radius 1 is 1.00 bits per heavy atom. The van der Waals surface area contributed by atoms with Gasteiger partial charge in [-0.2, -0.15) is 0 Å². The van der Waals surface area contributed by atoms with Gasteiger partial charge >= 0.3 is 12.1 Å². The van der Waals surface area contributed by atoms with E-state index in [1.807, 2.05) is 75.4 Å². The summed E-state index contributed by atoms with van der Waals surface area (Å²) in [5.74, 6) is 1.20. The van der Waals surface area contributed by atoms with Crippen LogP contribution in [0.1, 0.15) is 40.5 Å². The first-order valence-electron chi connectivity index (χ1n) is 10.9. The molecule has 0 radical (unpaired) electrons. The van der Waals surface area contributed by atoms with E-state index >= 15 is 0 Å². The van der Waals surface area contributed by atoms with Gasteiger partial charge in [-0.1, -0.05) is 24.3 Å². The van der Waals surface area contributed by atoms with Crippen LogP contribution in [-0.4, -0.2) is 47.0 Å². The number of benzene rings is 2. The van der Waals surface area contributed by atoms with Gasteiger partial charge in [0.1, 0.15) is 21.8 Å². The summed E-state index contributed by atoms with van der Waals surface area (Å²) < 4.78 is 16.1. The number of rotatable bonds is 6. The highest BCUT2D eigenvalue weighted by Crippen LogP contribution is 2.43. The Balaban J connectivity index is 1.74. The van der Waals surface area contributed by atoms with Gasteiger partial charge in [0.05, 0.1) is 6.61 Å². The lowest BCUT2D eigenvalue weighted by atomic mass is 9.96. The Kier molecular flexibility index (Phi) is 7.72. The molecule has 0 bridgehead atoms. The zero-order chi connectivity index (χ0) is 23.2. The summed E-state index contributed by atoms with van der Waals surface area (Å²) in [7, 11) is 0. The molecule has 6 nitrogen and oxygen atoms in total. The first-order valence-corrected chi connectivity index (χ1v) is 11.7. The molecule has 1 aliphatic heterocycles. The summed E-state index contributed by atoms with van der Waals surface area (Å²) in [5.41, 5.74) is -0.555. The fourth-order valence-corrected chi connectivity index (χ4v) is 4.74. The van der Waals surface area contributed by atoms with Crippen molar-refractivity contribution in [3.63, 3.8) is 0 Å². The van der Waals surface area contributed by atoms with Crippen LogP contribution >= 0.6 is 11.8 Å². The number of esters is 1. The van der Waals surface area contributed by atoms with Crippen LogP contribution in [0.5, 0.6) is 11.5 Å². The third-order valence-electron chi connectivity index (χ3n) is 4.97. The molecule has 172 valence electrons. The molecular formula is C25H31NO5S. The van der Waals surface area contributed by atoms with Crippen molar-refractivity contribution in [3.05, 3.63) is 54.6 Å². The SMILES string of the molecule is CCOC(=O)C1(Sc2cccc(Oc3ccccc3)c2)CCN(C(=O)OC(C)(C)C)CC1. The molecule has 0 spiro atoms. The first kappa shape index (κ1) is 24.0. The van der Waals surface area contributed by atoms with Crippen LogP contribution in [0.25, 0.3) is 0 Å². The van der Waals surface area contributed by atoms with Gasteiger partial charge in [0, 0.05) is 18.0 Å². The van der Waals surface area contributed by atoms with Crippen molar-refractivity contribution in [1.82, 2.24) is 4.90 Å². The van der Waals surface area contributed by atoms with Gasteiger partial charge in [-0.25, -0.2) is 4.79 Å². The second kappa shape index (κ2) is 10.3. The number of piperidine rings is 1. The molecule has 0 N–H and O–H groups in total. The van der Waals surface area contributed by atoms with Crippen LogP contribution in [0, 0.1) is 0 Å². The average molecular weight is 458 g/mol. The highest BCUT2D eigenvalue weighted by Gasteiger charge is 2.45. The molecule has 1 fully saturated rings. The Bertz CT molecular complexity index is 917. The molecule has 0 aliphatic carbocycles. The minimum atomic E-state index is -0.764. The van der Waals surface area contributed by atoms with Crippen molar-refractivity contribution in [1.29, 1.82) is 0 Å². The highest BCUT2D eigenvalue weighted by atomic mass is 32.2. The van der Waals surface area contributed by atoms with Gasteiger partial charge in [0.15, 0.2) is 0 Å². The number of amides is 1. The molecular weight excluding hydrogens is 426 g/mol. The number of para-hydroxylation sites is 1. The summed E-state index contributed by atoms with van der Waals surface area (Å²) in [4.78, 5) is 28.0. The van der Waals surface area contributed by atoms with Gasteiger partial charge in [0.25, 0.3) is 0 Å². The van der Waals surface area contributed by atoms with E-state index in [0.717, 1.165) is 10.6 Å². The van der Waals surface area contributed by atoms with Crippen molar-refractivity contribution in [3.8, 4) is 11.5 Å². The van der Waals surface area contributed by atoms with Crippen LogP contribution in [0.15, 0.2) is 59.5 Å². The van der Waals surface area contributed by atoms with E-state index in [9.17, 15) is 9.59 Å². The Morgan fingerprint density at radius 2 is 1.66 bits per heavy atom. The summed E-state index contributed by atoms with van der Waals surface area (Å²) in [5, 5.41) is 0. The number of likely N-dealkylation sites (tertiary alicyclic amines) is 1. The third kappa shape index (κ3) is 6.42. The minimum absolute atomic E-state index is 0.247. The van der Waals surface area contributed by atoms with Gasteiger partial charge in [-0.05, 0) is 70.9 Å². The predicted molar refractivity (Wildman–Crippen MR) is 125 cm³/mol. The van der Waals surface area contributed by atoms with E-state index in [4.69, 9.17) is 14.2 Å². The molecule has 2 aromatic carbocycles. The maximum Gasteiger partial charge on any atom is 0.410 e. The molecule has 1 heterocycles. The van der Waals surface area contributed by atoms with Crippen LogP contribution in [-0.2, 0) is 14.3 Å². The number of hydrogen-bond acceptors (Lipinski definition) is 6. The quantitative estimate of drug-likeness (QED) is 0.503. The number of carbonyl (C=O) groups excluding carboxylic acids is 2. The fraction of sp³-hybridized carbons (Fsp3) is 0.440. The minimum Gasteiger partial charge on any atom is -0.465 e. The summed E-state index contributed by atoms with van der Waals surface area (Å²) >= 11 is 1.48. The van der Waals surface area contributed by atoms with Crippen molar-refractivity contribution in [2.24, 2.45) is 0 Å². The second-order valence-corrected chi connectivity index (χ2v) is 10.1. The fourth-order valence-electron chi connectivity index (χ4n) is 3.44. The second-order valence-electron chi connectivity index (χ2n) is 8.67. The van der Waals surface area contributed by atoms with Crippen molar-refractivity contribution in [2.45, 2.75) is 55.8 Å².